The molecule has 3 aromatic rings. The van der Waals surface area contributed by atoms with E-state index in [9.17, 15) is 9.59 Å². The summed E-state index contributed by atoms with van der Waals surface area (Å²) in [6.45, 7) is 2.04. The minimum absolute atomic E-state index is 0.00869. The first-order chi connectivity index (χ1) is 15.6. The van der Waals surface area contributed by atoms with Gasteiger partial charge in [-0.2, -0.15) is 0 Å². The molecule has 9 heteroatoms. The molecule has 1 aliphatic heterocycles. The highest BCUT2D eigenvalue weighted by Crippen LogP contribution is 2.41. The first kappa shape index (κ1) is 22.3. The van der Waals surface area contributed by atoms with Crippen LogP contribution < -0.4 is 15.0 Å². The number of piperidine rings is 1. The van der Waals surface area contributed by atoms with Gasteiger partial charge in [0.15, 0.2) is 4.34 Å². The van der Waals surface area contributed by atoms with Crippen LogP contribution in [-0.4, -0.2) is 34.9 Å². The monoisotopic (exact) mass is 468 g/mol. The van der Waals surface area contributed by atoms with Gasteiger partial charge in [-0.05, 0) is 42.0 Å². The number of carbonyl (C=O) groups is 2. The second-order valence-corrected chi connectivity index (χ2v) is 9.75. The summed E-state index contributed by atoms with van der Waals surface area (Å²) < 4.78 is 6.08. The van der Waals surface area contributed by atoms with Crippen molar-refractivity contribution in [2.75, 3.05) is 23.1 Å². The van der Waals surface area contributed by atoms with Crippen LogP contribution in [0.15, 0.2) is 58.9 Å². The summed E-state index contributed by atoms with van der Waals surface area (Å²) in [4.78, 5) is 28.2. The van der Waals surface area contributed by atoms with Gasteiger partial charge in [-0.1, -0.05) is 60.4 Å². The Morgan fingerprint density at radius 1 is 1.19 bits per heavy atom. The SMILES string of the molecule is CCSc1nnc(NC(=O)[C@@H]2CCC(=O)N(c3ccc(OC)cc3)[C@H]2c2ccccc2)s1. The fourth-order valence-corrected chi connectivity index (χ4v) is 5.54. The van der Waals surface area contributed by atoms with Crippen molar-refractivity contribution in [1.29, 1.82) is 0 Å². The molecule has 1 fully saturated rings. The number of ether oxygens (including phenoxy) is 1. The van der Waals surface area contributed by atoms with E-state index >= 15 is 0 Å². The first-order valence-corrected chi connectivity index (χ1v) is 12.2. The number of thioether (sulfide) groups is 1. The third-order valence-corrected chi connectivity index (χ3v) is 7.18. The van der Waals surface area contributed by atoms with Gasteiger partial charge < -0.3 is 15.0 Å². The molecule has 1 N–H and O–H groups in total. The van der Waals surface area contributed by atoms with Crippen molar-refractivity contribution in [2.45, 2.75) is 30.1 Å². The number of anilines is 2. The van der Waals surface area contributed by atoms with Crippen LogP contribution in [0.4, 0.5) is 10.8 Å². The zero-order valence-corrected chi connectivity index (χ0v) is 19.5. The Balaban J connectivity index is 1.66. The quantitative estimate of drug-likeness (QED) is 0.397. The van der Waals surface area contributed by atoms with E-state index in [1.54, 1.807) is 23.8 Å². The second kappa shape index (κ2) is 10.1. The van der Waals surface area contributed by atoms with Gasteiger partial charge in [0, 0.05) is 12.1 Å². The average Bonchev–Trinajstić information content (AvgIpc) is 3.26. The predicted molar refractivity (Wildman–Crippen MR) is 127 cm³/mol. The number of nitrogens with zero attached hydrogens (tertiary/aromatic N) is 3. The van der Waals surface area contributed by atoms with Gasteiger partial charge in [0.25, 0.3) is 0 Å². The Morgan fingerprint density at radius 3 is 2.62 bits per heavy atom. The molecule has 7 nitrogen and oxygen atoms in total. The fraction of sp³-hybridized carbons (Fsp3) is 0.304. The zero-order chi connectivity index (χ0) is 22.5. The third kappa shape index (κ3) is 4.78. The molecule has 0 unspecified atom stereocenters. The number of aromatic nitrogens is 2. The number of benzene rings is 2. The topological polar surface area (TPSA) is 84.4 Å². The standard InChI is InChI=1S/C23H24N4O3S2/c1-3-31-23-26-25-22(32-23)24-21(29)18-13-14-19(28)27(16-9-11-17(30-2)12-10-16)20(18)15-7-5-4-6-8-15/h4-12,18,20H,3,13-14H2,1-2H3,(H,24,25,29)/t18-,20+/m1/s1. The van der Waals surface area contributed by atoms with Gasteiger partial charge in [0.1, 0.15) is 5.75 Å². The molecule has 32 heavy (non-hydrogen) atoms. The van der Waals surface area contributed by atoms with Crippen molar-refractivity contribution in [1.82, 2.24) is 10.2 Å². The normalized spacial score (nSPS) is 18.4. The van der Waals surface area contributed by atoms with E-state index in [0.29, 0.717) is 23.7 Å². The number of amides is 2. The molecule has 166 valence electrons. The third-order valence-electron chi connectivity index (χ3n) is 5.33. The minimum Gasteiger partial charge on any atom is -0.497 e. The molecule has 1 aromatic heterocycles. The van der Waals surface area contributed by atoms with E-state index in [0.717, 1.165) is 21.3 Å². The summed E-state index contributed by atoms with van der Waals surface area (Å²) in [5.41, 5.74) is 1.65. The molecule has 2 amide bonds. The molecule has 0 saturated carbocycles. The Labute approximate surface area is 195 Å². The Morgan fingerprint density at radius 2 is 1.94 bits per heavy atom. The molecule has 2 heterocycles. The molecule has 1 aliphatic rings. The van der Waals surface area contributed by atoms with Gasteiger partial charge in [-0.25, -0.2) is 0 Å². The average molecular weight is 469 g/mol. The number of hydrogen-bond donors (Lipinski definition) is 1. The highest BCUT2D eigenvalue weighted by atomic mass is 32.2. The number of carbonyl (C=O) groups excluding carboxylic acids is 2. The summed E-state index contributed by atoms with van der Waals surface area (Å²) in [6, 6.07) is 16.6. The summed E-state index contributed by atoms with van der Waals surface area (Å²) >= 11 is 2.95. The van der Waals surface area contributed by atoms with Gasteiger partial charge in [0.05, 0.1) is 19.1 Å². The summed E-state index contributed by atoms with van der Waals surface area (Å²) in [7, 11) is 1.60. The summed E-state index contributed by atoms with van der Waals surface area (Å²) in [5.74, 6) is 1.00. The lowest BCUT2D eigenvalue weighted by Crippen LogP contribution is -2.46. The lowest BCUT2D eigenvalue weighted by molar-refractivity contribution is -0.125. The van der Waals surface area contributed by atoms with Crippen LogP contribution in [0.2, 0.25) is 0 Å². The van der Waals surface area contributed by atoms with Crippen molar-refractivity contribution in [3.8, 4) is 5.75 Å². The molecule has 0 aliphatic carbocycles. The summed E-state index contributed by atoms with van der Waals surface area (Å²) in [5, 5.41) is 11.6. The second-order valence-electron chi connectivity index (χ2n) is 7.26. The van der Waals surface area contributed by atoms with Gasteiger partial charge in [-0.3, -0.25) is 9.59 Å². The maximum atomic E-state index is 13.4. The van der Waals surface area contributed by atoms with Crippen LogP contribution >= 0.6 is 23.1 Å². The zero-order valence-electron chi connectivity index (χ0n) is 17.9. The number of hydrogen-bond acceptors (Lipinski definition) is 7. The van der Waals surface area contributed by atoms with Crippen molar-refractivity contribution >= 4 is 45.7 Å². The van der Waals surface area contributed by atoms with Crippen molar-refractivity contribution < 1.29 is 14.3 Å². The first-order valence-electron chi connectivity index (χ1n) is 10.4. The Kier molecular flexibility index (Phi) is 7.06. The van der Waals surface area contributed by atoms with Gasteiger partial charge in [-0.15, -0.1) is 10.2 Å². The van der Waals surface area contributed by atoms with Crippen molar-refractivity contribution in [3.63, 3.8) is 0 Å². The molecule has 0 bridgehead atoms. The van der Waals surface area contributed by atoms with Crippen LogP contribution in [0.3, 0.4) is 0 Å². The number of methoxy groups -OCH3 is 1. The minimum atomic E-state index is -0.428. The Bertz CT molecular complexity index is 1070. The van der Waals surface area contributed by atoms with Crippen LogP contribution in [0.25, 0.3) is 0 Å². The Hall–Kier alpha value is -2.91. The van der Waals surface area contributed by atoms with E-state index in [2.05, 4.69) is 15.5 Å². The van der Waals surface area contributed by atoms with E-state index in [-0.39, 0.29) is 11.8 Å². The smallest absolute Gasteiger partial charge is 0.231 e. The molecular formula is C23H24N4O3S2. The summed E-state index contributed by atoms with van der Waals surface area (Å²) in [6.07, 6.45) is 0.757. The molecule has 0 radical (unpaired) electrons. The number of rotatable bonds is 7. The highest BCUT2D eigenvalue weighted by Gasteiger charge is 2.41. The van der Waals surface area contributed by atoms with Crippen LogP contribution in [0, 0.1) is 5.92 Å². The maximum Gasteiger partial charge on any atom is 0.231 e. The molecular weight excluding hydrogens is 444 g/mol. The molecule has 2 aromatic carbocycles. The van der Waals surface area contributed by atoms with E-state index in [4.69, 9.17) is 4.74 Å². The lowest BCUT2D eigenvalue weighted by Gasteiger charge is -2.40. The molecule has 0 spiro atoms. The number of nitrogens with one attached hydrogen (secondary N) is 1. The van der Waals surface area contributed by atoms with Crippen LogP contribution in [0.5, 0.6) is 5.75 Å². The van der Waals surface area contributed by atoms with Gasteiger partial charge >= 0.3 is 0 Å². The van der Waals surface area contributed by atoms with E-state index in [1.807, 2.05) is 61.5 Å². The molecule has 4 rings (SSSR count). The van der Waals surface area contributed by atoms with Gasteiger partial charge in [0.2, 0.25) is 16.9 Å². The van der Waals surface area contributed by atoms with Crippen molar-refractivity contribution in [2.24, 2.45) is 5.92 Å². The molecule has 2 atom stereocenters. The maximum absolute atomic E-state index is 13.4. The molecule has 1 saturated heterocycles. The fourth-order valence-electron chi connectivity index (χ4n) is 3.89. The largest absolute Gasteiger partial charge is 0.497 e. The van der Waals surface area contributed by atoms with E-state index in [1.165, 1.54) is 11.3 Å². The van der Waals surface area contributed by atoms with E-state index < -0.39 is 12.0 Å². The highest BCUT2D eigenvalue weighted by molar-refractivity contribution is 8.01. The predicted octanol–water partition coefficient (Wildman–Crippen LogP) is 4.78. The van der Waals surface area contributed by atoms with Crippen LogP contribution in [-0.2, 0) is 9.59 Å². The van der Waals surface area contributed by atoms with Crippen LogP contribution in [0.1, 0.15) is 31.4 Å². The van der Waals surface area contributed by atoms with Crippen molar-refractivity contribution in [3.05, 3.63) is 60.2 Å². The lowest BCUT2D eigenvalue weighted by atomic mass is 9.83.